The first kappa shape index (κ1) is 12.9. The van der Waals surface area contributed by atoms with Crippen molar-refractivity contribution >= 4 is 11.6 Å². The summed E-state index contributed by atoms with van der Waals surface area (Å²) in [6, 6.07) is 8.27. The van der Waals surface area contributed by atoms with Gasteiger partial charge in [-0.1, -0.05) is 26.0 Å². The van der Waals surface area contributed by atoms with Crippen LogP contribution in [0, 0.1) is 5.92 Å². The van der Waals surface area contributed by atoms with Crippen molar-refractivity contribution in [3.8, 4) is 0 Å². The van der Waals surface area contributed by atoms with Crippen LogP contribution in [-0.2, 0) is 11.3 Å². The van der Waals surface area contributed by atoms with Gasteiger partial charge in [-0.15, -0.1) is 0 Å². The van der Waals surface area contributed by atoms with Crippen molar-refractivity contribution in [1.82, 2.24) is 4.90 Å². The average Bonchev–Trinajstić information content (AvgIpc) is 3.18. The number of rotatable bonds is 5. The summed E-state index contributed by atoms with van der Waals surface area (Å²) in [5.41, 5.74) is 7.67. The third kappa shape index (κ3) is 3.03. The molecule has 1 amide bonds. The van der Waals surface area contributed by atoms with E-state index in [0.29, 0.717) is 12.6 Å². The van der Waals surface area contributed by atoms with E-state index in [1.54, 1.807) is 0 Å². The van der Waals surface area contributed by atoms with Crippen LogP contribution in [0.3, 0.4) is 0 Å². The number of nitrogens with zero attached hydrogens (tertiary/aromatic N) is 1. The molecule has 18 heavy (non-hydrogen) atoms. The Labute approximate surface area is 109 Å². The molecule has 1 saturated carbocycles. The number of carbonyl (C=O) groups is 1. The molecule has 1 atom stereocenters. The minimum Gasteiger partial charge on any atom is -0.399 e. The summed E-state index contributed by atoms with van der Waals surface area (Å²) in [4.78, 5) is 14.4. The van der Waals surface area contributed by atoms with Crippen LogP contribution in [0.5, 0.6) is 0 Å². The molecule has 3 nitrogen and oxygen atoms in total. The first-order valence-electron chi connectivity index (χ1n) is 6.76. The summed E-state index contributed by atoms with van der Waals surface area (Å²) in [5.74, 6) is 0.397. The van der Waals surface area contributed by atoms with E-state index in [0.717, 1.165) is 30.5 Å². The average molecular weight is 246 g/mol. The second-order valence-corrected chi connectivity index (χ2v) is 5.25. The molecule has 2 rings (SSSR count). The van der Waals surface area contributed by atoms with Crippen LogP contribution in [0.1, 0.15) is 38.7 Å². The number of nitrogen functional groups attached to an aromatic ring is 1. The number of nitrogens with two attached hydrogens (primary N) is 1. The fourth-order valence-corrected chi connectivity index (χ4v) is 2.12. The number of hydrogen-bond donors (Lipinski definition) is 1. The zero-order valence-corrected chi connectivity index (χ0v) is 11.2. The molecule has 0 aliphatic heterocycles. The molecule has 1 aromatic carbocycles. The van der Waals surface area contributed by atoms with Crippen molar-refractivity contribution in [3.63, 3.8) is 0 Å². The molecule has 2 N–H and O–H groups in total. The van der Waals surface area contributed by atoms with Crippen LogP contribution in [0.4, 0.5) is 5.69 Å². The highest BCUT2D eigenvalue weighted by molar-refractivity contribution is 5.79. The molecule has 1 aliphatic carbocycles. The van der Waals surface area contributed by atoms with Crippen molar-refractivity contribution in [2.75, 3.05) is 5.73 Å². The number of amides is 1. The first-order valence-corrected chi connectivity index (χ1v) is 6.76. The largest absolute Gasteiger partial charge is 0.399 e. The minimum atomic E-state index is 0.117. The molecule has 0 saturated heterocycles. The molecule has 1 aliphatic rings. The zero-order chi connectivity index (χ0) is 13.1. The van der Waals surface area contributed by atoms with Crippen molar-refractivity contribution < 1.29 is 4.79 Å². The lowest BCUT2D eigenvalue weighted by Gasteiger charge is -2.25. The van der Waals surface area contributed by atoms with E-state index in [2.05, 4.69) is 6.92 Å². The molecule has 0 radical (unpaired) electrons. The number of hydrogen-bond acceptors (Lipinski definition) is 2. The highest BCUT2D eigenvalue weighted by Crippen LogP contribution is 2.30. The normalized spacial score (nSPS) is 16.3. The van der Waals surface area contributed by atoms with E-state index in [1.165, 1.54) is 0 Å². The number of anilines is 1. The van der Waals surface area contributed by atoms with Gasteiger partial charge in [0.2, 0.25) is 5.91 Å². The molecule has 98 valence electrons. The maximum absolute atomic E-state index is 12.3. The van der Waals surface area contributed by atoms with Gasteiger partial charge in [0, 0.05) is 24.2 Å². The minimum absolute atomic E-state index is 0.117. The van der Waals surface area contributed by atoms with Gasteiger partial charge in [-0.25, -0.2) is 0 Å². The van der Waals surface area contributed by atoms with E-state index in [9.17, 15) is 4.79 Å². The van der Waals surface area contributed by atoms with Crippen LogP contribution in [0.15, 0.2) is 24.3 Å². The van der Waals surface area contributed by atoms with E-state index in [-0.39, 0.29) is 11.8 Å². The molecule has 3 heteroatoms. The summed E-state index contributed by atoms with van der Waals surface area (Å²) < 4.78 is 0. The molecule has 1 fully saturated rings. The third-order valence-corrected chi connectivity index (χ3v) is 3.61. The molecule has 0 bridgehead atoms. The quantitative estimate of drug-likeness (QED) is 0.812. The fraction of sp³-hybridized carbons (Fsp3) is 0.533. The van der Waals surface area contributed by atoms with Gasteiger partial charge in [-0.2, -0.15) is 0 Å². The van der Waals surface area contributed by atoms with Crippen LogP contribution in [0.25, 0.3) is 0 Å². The molecular weight excluding hydrogens is 224 g/mol. The number of carbonyl (C=O) groups excluding carboxylic acids is 1. The summed E-state index contributed by atoms with van der Waals surface area (Å²) in [5, 5.41) is 0. The highest BCUT2D eigenvalue weighted by atomic mass is 16.2. The van der Waals surface area contributed by atoms with Crippen LogP contribution >= 0.6 is 0 Å². The Balaban J connectivity index is 2.09. The van der Waals surface area contributed by atoms with Crippen molar-refractivity contribution in [2.24, 2.45) is 5.92 Å². The third-order valence-electron chi connectivity index (χ3n) is 3.61. The molecular formula is C15H22N2O. The van der Waals surface area contributed by atoms with Gasteiger partial charge in [0.15, 0.2) is 0 Å². The zero-order valence-electron chi connectivity index (χ0n) is 11.2. The van der Waals surface area contributed by atoms with E-state index < -0.39 is 0 Å². The van der Waals surface area contributed by atoms with Gasteiger partial charge in [0.1, 0.15) is 0 Å². The Morgan fingerprint density at radius 3 is 2.78 bits per heavy atom. The topological polar surface area (TPSA) is 46.3 Å². The highest BCUT2D eigenvalue weighted by Gasteiger charge is 2.33. The summed E-state index contributed by atoms with van der Waals surface area (Å²) in [7, 11) is 0. The maximum Gasteiger partial charge on any atom is 0.225 e. The lowest BCUT2D eigenvalue weighted by atomic mass is 10.1. The van der Waals surface area contributed by atoms with Gasteiger partial charge in [0.05, 0.1) is 0 Å². The summed E-state index contributed by atoms with van der Waals surface area (Å²) in [6.45, 7) is 4.77. The Kier molecular flexibility index (Phi) is 3.90. The van der Waals surface area contributed by atoms with Crippen molar-refractivity contribution in [3.05, 3.63) is 29.8 Å². The Hall–Kier alpha value is -1.51. The molecule has 1 unspecified atom stereocenters. The summed E-state index contributed by atoms with van der Waals surface area (Å²) >= 11 is 0. The van der Waals surface area contributed by atoms with Crippen LogP contribution in [0.2, 0.25) is 0 Å². The number of benzene rings is 1. The monoisotopic (exact) mass is 246 g/mol. The van der Waals surface area contributed by atoms with Gasteiger partial charge in [-0.3, -0.25) is 4.79 Å². The molecule has 0 spiro atoms. The van der Waals surface area contributed by atoms with Crippen molar-refractivity contribution in [1.29, 1.82) is 0 Å². The molecule has 1 aromatic rings. The van der Waals surface area contributed by atoms with Crippen LogP contribution in [-0.4, -0.2) is 16.8 Å². The smallest absolute Gasteiger partial charge is 0.225 e. The Bertz CT molecular complexity index is 426. The lowest BCUT2D eigenvalue weighted by Crippen LogP contribution is -2.36. The second kappa shape index (κ2) is 5.42. The SMILES string of the molecule is CCC(C)C(=O)N(Cc1cccc(N)c1)C1CC1. The van der Waals surface area contributed by atoms with E-state index >= 15 is 0 Å². The standard InChI is InChI=1S/C15H22N2O/c1-3-11(2)15(18)17(14-7-8-14)10-12-5-4-6-13(16)9-12/h4-6,9,11,14H,3,7-8,10,16H2,1-2H3. The predicted octanol–water partition coefficient (Wildman–Crippen LogP) is 2.81. The fourth-order valence-electron chi connectivity index (χ4n) is 2.12. The van der Waals surface area contributed by atoms with Gasteiger partial charge < -0.3 is 10.6 Å². The Morgan fingerprint density at radius 1 is 1.50 bits per heavy atom. The molecule has 0 aromatic heterocycles. The second-order valence-electron chi connectivity index (χ2n) is 5.25. The van der Waals surface area contributed by atoms with E-state index in [4.69, 9.17) is 5.73 Å². The molecule has 0 heterocycles. The van der Waals surface area contributed by atoms with Gasteiger partial charge in [0.25, 0.3) is 0 Å². The lowest BCUT2D eigenvalue weighted by molar-refractivity contribution is -0.136. The van der Waals surface area contributed by atoms with E-state index in [1.807, 2.05) is 36.1 Å². The van der Waals surface area contributed by atoms with Gasteiger partial charge >= 0.3 is 0 Å². The van der Waals surface area contributed by atoms with Crippen LogP contribution < -0.4 is 5.73 Å². The van der Waals surface area contributed by atoms with Gasteiger partial charge in [-0.05, 0) is 37.0 Å². The van der Waals surface area contributed by atoms with Crippen molar-refractivity contribution in [2.45, 2.75) is 45.7 Å². The Morgan fingerprint density at radius 2 is 2.22 bits per heavy atom. The first-order chi connectivity index (χ1) is 8.61. The summed E-state index contributed by atoms with van der Waals surface area (Å²) in [6.07, 6.45) is 3.19. The maximum atomic E-state index is 12.3. The predicted molar refractivity (Wildman–Crippen MR) is 73.9 cm³/mol.